The second-order valence-corrected chi connectivity index (χ2v) is 7.99. The molecule has 0 aromatic heterocycles. The Morgan fingerprint density at radius 3 is 2.68 bits per heavy atom. The van der Waals surface area contributed by atoms with Crippen molar-refractivity contribution in [1.29, 1.82) is 0 Å². The van der Waals surface area contributed by atoms with Gasteiger partial charge in [-0.25, -0.2) is 4.79 Å². The molecule has 2 amide bonds. The number of piperidine rings is 1. The maximum Gasteiger partial charge on any atom is 0.315 e. The van der Waals surface area contributed by atoms with E-state index in [1.54, 1.807) is 0 Å². The third-order valence-electron chi connectivity index (χ3n) is 5.09. The number of likely N-dealkylation sites (tertiary alicyclic amines) is 1. The highest BCUT2D eigenvalue weighted by molar-refractivity contribution is 5.74. The van der Waals surface area contributed by atoms with Crippen LogP contribution in [-0.2, 0) is 6.54 Å². The lowest BCUT2D eigenvalue weighted by molar-refractivity contribution is 0.129. The number of benzene rings is 1. The van der Waals surface area contributed by atoms with Crippen molar-refractivity contribution in [3.8, 4) is 0 Å². The summed E-state index contributed by atoms with van der Waals surface area (Å²) < 4.78 is 0. The number of nitrogens with zero attached hydrogens (tertiary/aromatic N) is 1. The lowest BCUT2D eigenvalue weighted by Crippen LogP contribution is -2.51. The van der Waals surface area contributed by atoms with Crippen molar-refractivity contribution in [2.45, 2.75) is 58.7 Å². The Morgan fingerprint density at radius 2 is 2.04 bits per heavy atom. The van der Waals surface area contributed by atoms with Gasteiger partial charge in [-0.3, -0.25) is 4.90 Å². The number of amides is 2. The molecule has 1 heterocycles. The van der Waals surface area contributed by atoms with Gasteiger partial charge in [-0.05, 0) is 37.2 Å². The molecule has 2 atom stereocenters. The minimum atomic E-state index is -0.0975. The van der Waals surface area contributed by atoms with Crippen molar-refractivity contribution in [1.82, 2.24) is 15.5 Å². The fraction of sp³-hybridized carbons (Fsp3) is 0.650. The summed E-state index contributed by atoms with van der Waals surface area (Å²) in [6, 6.07) is 11.1. The van der Waals surface area contributed by atoms with Crippen LogP contribution in [0.4, 0.5) is 4.79 Å². The van der Waals surface area contributed by atoms with Gasteiger partial charge < -0.3 is 15.7 Å². The number of hydrogen-bond acceptors (Lipinski definition) is 3. The van der Waals surface area contributed by atoms with Gasteiger partial charge in [0.1, 0.15) is 0 Å². The largest absolute Gasteiger partial charge is 0.396 e. The Labute approximate surface area is 151 Å². The molecule has 1 aliphatic rings. The number of carbonyl (C=O) groups excluding carboxylic acids is 1. The topological polar surface area (TPSA) is 64.6 Å². The first-order valence-corrected chi connectivity index (χ1v) is 9.33. The maximum atomic E-state index is 12.1. The number of rotatable bonds is 7. The number of urea groups is 1. The van der Waals surface area contributed by atoms with Gasteiger partial charge in [-0.1, -0.05) is 44.2 Å². The van der Waals surface area contributed by atoms with Crippen molar-refractivity contribution < 1.29 is 9.90 Å². The molecular weight excluding hydrogens is 314 g/mol. The van der Waals surface area contributed by atoms with Crippen LogP contribution in [0.25, 0.3) is 0 Å². The average molecular weight is 348 g/mol. The molecular formula is C20H33N3O2. The van der Waals surface area contributed by atoms with E-state index in [0.29, 0.717) is 19.0 Å². The molecule has 2 rings (SSSR count). The second kappa shape index (κ2) is 9.20. The first kappa shape index (κ1) is 19.7. The summed E-state index contributed by atoms with van der Waals surface area (Å²) in [6.45, 7) is 9.02. The highest BCUT2D eigenvalue weighted by Gasteiger charge is 2.27. The van der Waals surface area contributed by atoms with Crippen LogP contribution in [0.2, 0.25) is 0 Å². The molecule has 0 aliphatic carbocycles. The van der Waals surface area contributed by atoms with Gasteiger partial charge in [0.25, 0.3) is 0 Å². The fourth-order valence-electron chi connectivity index (χ4n) is 3.35. The highest BCUT2D eigenvalue weighted by Crippen LogP contribution is 2.20. The van der Waals surface area contributed by atoms with Crippen LogP contribution in [0.3, 0.4) is 0 Å². The van der Waals surface area contributed by atoms with E-state index >= 15 is 0 Å². The molecule has 0 saturated carbocycles. The zero-order chi connectivity index (χ0) is 18.3. The first-order chi connectivity index (χ1) is 11.9. The standard InChI is InChI=1S/C20H33N3O2/c1-16-13-18(22-19(25)21-15-20(2,3)10-12-24)9-11-23(16)14-17-7-5-4-6-8-17/h4-8,16,18,24H,9-15H2,1-3H3,(H2,21,22,25). The van der Waals surface area contributed by atoms with Crippen LogP contribution >= 0.6 is 0 Å². The van der Waals surface area contributed by atoms with Crippen molar-refractivity contribution in [2.75, 3.05) is 19.7 Å². The molecule has 0 radical (unpaired) electrons. The SMILES string of the molecule is CC1CC(NC(=O)NCC(C)(C)CCO)CCN1Cc1ccccc1. The van der Waals surface area contributed by atoms with E-state index in [0.717, 1.165) is 25.9 Å². The molecule has 3 N–H and O–H groups in total. The van der Waals surface area contributed by atoms with Gasteiger partial charge in [-0.15, -0.1) is 0 Å². The van der Waals surface area contributed by atoms with Crippen LogP contribution in [-0.4, -0.2) is 47.8 Å². The van der Waals surface area contributed by atoms with E-state index in [4.69, 9.17) is 5.11 Å². The molecule has 1 saturated heterocycles. The molecule has 5 nitrogen and oxygen atoms in total. The molecule has 25 heavy (non-hydrogen) atoms. The van der Waals surface area contributed by atoms with E-state index in [9.17, 15) is 4.79 Å². The molecule has 140 valence electrons. The van der Waals surface area contributed by atoms with Crippen LogP contribution in [0.1, 0.15) is 45.6 Å². The van der Waals surface area contributed by atoms with Crippen molar-refractivity contribution in [3.05, 3.63) is 35.9 Å². The predicted octanol–water partition coefficient (Wildman–Crippen LogP) is 2.75. The zero-order valence-corrected chi connectivity index (χ0v) is 15.8. The first-order valence-electron chi connectivity index (χ1n) is 9.33. The summed E-state index contributed by atoms with van der Waals surface area (Å²) in [4.78, 5) is 14.6. The minimum Gasteiger partial charge on any atom is -0.396 e. The summed E-state index contributed by atoms with van der Waals surface area (Å²) in [5.74, 6) is 0. The Hall–Kier alpha value is -1.59. The van der Waals surface area contributed by atoms with Crippen molar-refractivity contribution in [2.24, 2.45) is 5.41 Å². The summed E-state index contributed by atoms with van der Waals surface area (Å²) in [6.07, 6.45) is 2.63. The number of nitrogens with one attached hydrogen (secondary N) is 2. The number of aliphatic hydroxyl groups is 1. The third-order valence-corrected chi connectivity index (χ3v) is 5.09. The number of hydrogen-bond donors (Lipinski definition) is 3. The van der Waals surface area contributed by atoms with Gasteiger partial charge in [0, 0.05) is 38.3 Å². The van der Waals surface area contributed by atoms with Gasteiger partial charge >= 0.3 is 6.03 Å². The average Bonchev–Trinajstić information content (AvgIpc) is 2.57. The highest BCUT2D eigenvalue weighted by atomic mass is 16.3. The van der Waals surface area contributed by atoms with Crippen LogP contribution in [0.15, 0.2) is 30.3 Å². The van der Waals surface area contributed by atoms with Gasteiger partial charge in [0.15, 0.2) is 0 Å². The second-order valence-electron chi connectivity index (χ2n) is 7.99. The molecule has 1 aliphatic heterocycles. The van der Waals surface area contributed by atoms with Gasteiger partial charge in [0.2, 0.25) is 0 Å². The van der Waals surface area contributed by atoms with E-state index in [1.807, 2.05) is 19.9 Å². The summed E-state index contributed by atoms with van der Waals surface area (Å²) in [5.41, 5.74) is 1.25. The van der Waals surface area contributed by atoms with E-state index in [2.05, 4.69) is 46.7 Å². The van der Waals surface area contributed by atoms with Crippen LogP contribution in [0.5, 0.6) is 0 Å². The van der Waals surface area contributed by atoms with Crippen molar-refractivity contribution >= 4 is 6.03 Å². The lowest BCUT2D eigenvalue weighted by Gasteiger charge is -2.38. The van der Waals surface area contributed by atoms with Gasteiger partial charge in [-0.2, -0.15) is 0 Å². The predicted molar refractivity (Wildman–Crippen MR) is 101 cm³/mol. The third kappa shape index (κ3) is 6.67. The smallest absolute Gasteiger partial charge is 0.315 e. The normalized spacial score (nSPS) is 21.8. The van der Waals surface area contributed by atoms with Crippen LogP contribution in [0, 0.1) is 5.41 Å². The molecule has 1 fully saturated rings. The Morgan fingerprint density at radius 1 is 1.32 bits per heavy atom. The molecule has 2 unspecified atom stereocenters. The fourth-order valence-corrected chi connectivity index (χ4v) is 3.35. The Bertz CT molecular complexity index is 533. The monoisotopic (exact) mass is 347 g/mol. The molecule has 0 bridgehead atoms. The number of aliphatic hydroxyl groups excluding tert-OH is 1. The zero-order valence-electron chi connectivity index (χ0n) is 15.8. The van der Waals surface area contributed by atoms with E-state index in [-0.39, 0.29) is 24.1 Å². The van der Waals surface area contributed by atoms with E-state index < -0.39 is 0 Å². The molecule has 1 aromatic rings. The maximum absolute atomic E-state index is 12.1. The molecule has 1 aromatic carbocycles. The lowest BCUT2D eigenvalue weighted by atomic mass is 9.90. The number of carbonyl (C=O) groups is 1. The van der Waals surface area contributed by atoms with Gasteiger partial charge in [0.05, 0.1) is 0 Å². The Kier molecular flexibility index (Phi) is 7.26. The summed E-state index contributed by atoms with van der Waals surface area (Å²) >= 11 is 0. The quantitative estimate of drug-likeness (QED) is 0.711. The Balaban J connectivity index is 1.74. The summed E-state index contributed by atoms with van der Waals surface area (Å²) in [5, 5.41) is 15.1. The molecule has 5 heteroatoms. The van der Waals surface area contributed by atoms with Crippen molar-refractivity contribution in [3.63, 3.8) is 0 Å². The van der Waals surface area contributed by atoms with Crippen LogP contribution < -0.4 is 10.6 Å². The summed E-state index contributed by atoms with van der Waals surface area (Å²) in [7, 11) is 0. The van der Waals surface area contributed by atoms with E-state index in [1.165, 1.54) is 5.56 Å². The minimum absolute atomic E-state index is 0.0849. The molecule has 0 spiro atoms.